The molecule has 0 N–H and O–H groups in total. The van der Waals surface area contributed by atoms with Gasteiger partial charge in [-0.2, -0.15) is 0 Å². The van der Waals surface area contributed by atoms with Gasteiger partial charge in [-0.3, -0.25) is 0 Å². The summed E-state index contributed by atoms with van der Waals surface area (Å²) in [4.78, 5) is 0. The van der Waals surface area contributed by atoms with Crippen LogP contribution in [0.25, 0.3) is 0 Å². The lowest BCUT2D eigenvalue weighted by atomic mass is 10.1. The highest BCUT2D eigenvalue weighted by atomic mass is 16.7. The molecule has 0 saturated carbocycles. The fourth-order valence-electron chi connectivity index (χ4n) is 1.93. The van der Waals surface area contributed by atoms with Crippen LogP contribution in [0.2, 0.25) is 0 Å². The molecule has 1 saturated heterocycles. The summed E-state index contributed by atoms with van der Waals surface area (Å²) in [5, 5.41) is 0. The second-order valence-electron chi connectivity index (χ2n) is 4.06. The van der Waals surface area contributed by atoms with E-state index in [9.17, 15) is 0 Å². The Morgan fingerprint density at radius 1 is 1.47 bits per heavy atom. The Morgan fingerprint density at radius 2 is 2.18 bits per heavy atom. The van der Waals surface area contributed by atoms with Crippen LogP contribution in [-0.4, -0.2) is 19.8 Å². The molecule has 1 aromatic carbocycles. The number of methoxy groups -OCH3 is 1. The van der Waals surface area contributed by atoms with Crippen molar-refractivity contribution in [1.29, 1.82) is 0 Å². The fraction of sp³-hybridized carbons (Fsp3) is 0.429. The third kappa shape index (κ3) is 2.21. The maximum atomic E-state index is 5.93. The summed E-state index contributed by atoms with van der Waals surface area (Å²) in [6.45, 7) is 6.51. The number of hydrogen-bond donors (Lipinski definition) is 0. The monoisotopic (exact) mass is 234 g/mol. The van der Waals surface area contributed by atoms with Crippen LogP contribution in [0.1, 0.15) is 18.9 Å². The first-order valence-electron chi connectivity index (χ1n) is 5.84. The molecule has 92 valence electrons. The molecule has 2 unspecified atom stereocenters. The molecule has 0 aromatic heterocycles. The van der Waals surface area contributed by atoms with Gasteiger partial charge in [-0.15, -0.1) is 0 Å². The second kappa shape index (κ2) is 4.90. The Bertz CT molecular complexity index is 385. The first-order valence-corrected chi connectivity index (χ1v) is 5.84. The van der Waals surface area contributed by atoms with E-state index < -0.39 is 5.79 Å². The molecule has 3 heteroatoms. The molecule has 1 aliphatic heterocycles. The molecule has 1 aromatic rings. The molecule has 0 bridgehead atoms. The number of rotatable bonds is 4. The molecule has 2 atom stereocenters. The van der Waals surface area contributed by atoms with Gasteiger partial charge in [0, 0.05) is 5.56 Å². The van der Waals surface area contributed by atoms with Gasteiger partial charge in [0.05, 0.1) is 19.8 Å². The van der Waals surface area contributed by atoms with Crippen LogP contribution in [0.15, 0.2) is 36.9 Å². The van der Waals surface area contributed by atoms with Gasteiger partial charge in [0.15, 0.2) is 0 Å². The molecule has 1 aliphatic rings. The lowest BCUT2D eigenvalue weighted by molar-refractivity contribution is -0.136. The zero-order valence-corrected chi connectivity index (χ0v) is 10.3. The molecule has 0 radical (unpaired) electrons. The topological polar surface area (TPSA) is 27.7 Å². The van der Waals surface area contributed by atoms with Gasteiger partial charge in [-0.1, -0.05) is 13.5 Å². The highest BCUT2D eigenvalue weighted by Crippen LogP contribution is 2.36. The van der Waals surface area contributed by atoms with Crippen molar-refractivity contribution < 1.29 is 14.2 Å². The summed E-state index contributed by atoms with van der Waals surface area (Å²) in [5.74, 6) is 0.0189. The van der Waals surface area contributed by atoms with E-state index >= 15 is 0 Å². The van der Waals surface area contributed by atoms with Crippen molar-refractivity contribution in [2.75, 3.05) is 13.7 Å². The third-order valence-corrected chi connectivity index (χ3v) is 3.04. The second-order valence-corrected chi connectivity index (χ2v) is 4.06. The van der Waals surface area contributed by atoms with Gasteiger partial charge in [0.2, 0.25) is 5.79 Å². The zero-order valence-electron chi connectivity index (χ0n) is 10.3. The molecular weight excluding hydrogens is 216 g/mol. The van der Waals surface area contributed by atoms with E-state index in [2.05, 4.69) is 13.5 Å². The Morgan fingerprint density at radius 3 is 2.65 bits per heavy atom. The standard InChI is InChI=1S/C14H18O3/c1-4-12-10-16-14(5-2,17-12)11-6-8-13(15-3)9-7-11/h5-9,12H,2,4,10H2,1,3H3. The molecule has 0 spiro atoms. The van der Waals surface area contributed by atoms with Crippen molar-refractivity contribution in [3.05, 3.63) is 42.5 Å². The number of benzene rings is 1. The third-order valence-electron chi connectivity index (χ3n) is 3.04. The summed E-state index contributed by atoms with van der Waals surface area (Å²) in [6.07, 6.45) is 2.78. The number of hydrogen-bond acceptors (Lipinski definition) is 3. The number of ether oxygens (including phenoxy) is 3. The van der Waals surface area contributed by atoms with Crippen molar-refractivity contribution in [3.63, 3.8) is 0 Å². The van der Waals surface area contributed by atoms with E-state index in [0.29, 0.717) is 6.61 Å². The molecule has 0 amide bonds. The minimum Gasteiger partial charge on any atom is -0.497 e. The van der Waals surface area contributed by atoms with Crippen LogP contribution in [0.5, 0.6) is 5.75 Å². The van der Waals surface area contributed by atoms with E-state index in [-0.39, 0.29) is 6.10 Å². The van der Waals surface area contributed by atoms with Crippen LogP contribution >= 0.6 is 0 Å². The maximum absolute atomic E-state index is 5.93. The minimum atomic E-state index is -0.799. The Hall–Kier alpha value is -1.32. The highest BCUT2D eigenvalue weighted by molar-refractivity contribution is 5.32. The summed E-state index contributed by atoms with van der Waals surface area (Å²) in [6, 6.07) is 7.68. The van der Waals surface area contributed by atoms with Crippen LogP contribution in [0.3, 0.4) is 0 Å². The van der Waals surface area contributed by atoms with Gasteiger partial charge >= 0.3 is 0 Å². The SMILES string of the molecule is C=CC1(c2ccc(OC)cc2)OCC(CC)O1. The molecular formula is C14H18O3. The summed E-state index contributed by atoms with van der Waals surface area (Å²) in [7, 11) is 1.65. The van der Waals surface area contributed by atoms with E-state index in [4.69, 9.17) is 14.2 Å². The van der Waals surface area contributed by atoms with Gasteiger partial charge < -0.3 is 14.2 Å². The molecule has 3 nitrogen and oxygen atoms in total. The summed E-state index contributed by atoms with van der Waals surface area (Å²) >= 11 is 0. The minimum absolute atomic E-state index is 0.134. The van der Waals surface area contributed by atoms with Crippen molar-refractivity contribution in [1.82, 2.24) is 0 Å². The maximum Gasteiger partial charge on any atom is 0.215 e. The Labute approximate surface area is 102 Å². The molecule has 17 heavy (non-hydrogen) atoms. The van der Waals surface area contributed by atoms with E-state index in [1.54, 1.807) is 13.2 Å². The van der Waals surface area contributed by atoms with Crippen molar-refractivity contribution in [2.45, 2.75) is 25.2 Å². The van der Waals surface area contributed by atoms with Gasteiger partial charge in [0.25, 0.3) is 0 Å². The van der Waals surface area contributed by atoms with Crippen molar-refractivity contribution in [2.24, 2.45) is 0 Å². The van der Waals surface area contributed by atoms with Crippen LogP contribution in [-0.2, 0) is 15.3 Å². The van der Waals surface area contributed by atoms with Crippen molar-refractivity contribution >= 4 is 0 Å². The predicted octanol–water partition coefficient (Wildman–Crippen LogP) is 2.86. The van der Waals surface area contributed by atoms with Crippen molar-refractivity contribution in [3.8, 4) is 5.75 Å². The smallest absolute Gasteiger partial charge is 0.215 e. The van der Waals surface area contributed by atoms with Crippen LogP contribution in [0, 0.1) is 0 Å². The van der Waals surface area contributed by atoms with E-state index in [1.165, 1.54) is 0 Å². The lowest BCUT2D eigenvalue weighted by Crippen LogP contribution is -2.25. The molecule has 2 rings (SSSR count). The van der Waals surface area contributed by atoms with Crippen LogP contribution in [0.4, 0.5) is 0 Å². The molecule has 0 aliphatic carbocycles. The predicted molar refractivity (Wildman–Crippen MR) is 66.0 cm³/mol. The van der Waals surface area contributed by atoms with E-state index in [0.717, 1.165) is 17.7 Å². The van der Waals surface area contributed by atoms with Gasteiger partial charge in [-0.25, -0.2) is 0 Å². The van der Waals surface area contributed by atoms with Gasteiger partial charge in [-0.05, 0) is 36.8 Å². The van der Waals surface area contributed by atoms with E-state index in [1.807, 2.05) is 24.3 Å². The fourth-order valence-corrected chi connectivity index (χ4v) is 1.93. The first kappa shape index (κ1) is 12.1. The normalized spacial score (nSPS) is 28.0. The molecule has 1 fully saturated rings. The average Bonchev–Trinajstić information content (AvgIpc) is 2.84. The Balaban J connectivity index is 2.26. The quantitative estimate of drug-likeness (QED) is 0.750. The average molecular weight is 234 g/mol. The molecule has 1 heterocycles. The zero-order chi connectivity index (χ0) is 12.3. The summed E-state index contributed by atoms with van der Waals surface area (Å²) in [5.41, 5.74) is 0.948. The highest BCUT2D eigenvalue weighted by Gasteiger charge is 2.39. The van der Waals surface area contributed by atoms with Crippen LogP contribution < -0.4 is 4.74 Å². The largest absolute Gasteiger partial charge is 0.497 e. The van der Waals surface area contributed by atoms with Gasteiger partial charge in [0.1, 0.15) is 5.75 Å². The first-order chi connectivity index (χ1) is 8.24. The lowest BCUT2D eigenvalue weighted by Gasteiger charge is -2.24. The summed E-state index contributed by atoms with van der Waals surface area (Å²) < 4.78 is 16.8. The Kier molecular flexibility index (Phi) is 3.50.